The largest absolute Gasteiger partial charge is 0.351 e. The van der Waals surface area contributed by atoms with Crippen molar-refractivity contribution in [3.8, 4) is 0 Å². The maximum absolute atomic E-state index is 15.0. The second-order valence-corrected chi connectivity index (χ2v) is 8.19. The first-order valence-corrected chi connectivity index (χ1v) is 11.0. The fourth-order valence-corrected chi connectivity index (χ4v) is 4.11. The Kier molecular flexibility index (Phi) is 5.77. The molecule has 0 aliphatic rings. The summed E-state index contributed by atoms with van der Waals surface area (Å²) >= 11 is 1.52. The van der Waals surface area contributed by atoms with Crippen LogP contribution in [-0.4, -0.2) is 36.4 Å². The Hall–Kier alpha value is -4.12. The van der Waals surface area contributed by atoms with Gasteiger partial charge >= 0.3 is 5.69 Å². The lowest BCUT2D eigenvalue weighted by molar-refractivity contribution is 0.335. The highest BCUT2D eigenvalue weighted by Gasteiger charge is 2.20. The molecular weight excluding hydrogens is 443 g/mol. The summed E-state index contributed by atoms with van der Waals surface area (Å²) in [5, 5.41) is 3.10. The molecule has 3 aromatic heterocycles. The van der Waals surface area contributed by atoms with Crippen molar-refractivity contribution in [1.29, 1.82) is 0 Å². The van der Waals surface area contributed by atoms with Crippen molar-refractivity contribution in [3.63, 3.8) is 0 Å². The molecule has 33 heavy (non-hydrogen) atoms. The SMILES string of the molecule is O=c1nc(N(Cc2ccccc2)CC(F)c2cnc[nH]2)nc(Nc2ccc3ncsc3c2)[nH]1. The van der Waals surface area contributed by atoms with Crippen molar-refractivity contribution in [2.75, 3.05) is 16.8 Å². The highest BCUT2D eigenvalue weighted by molar-refractivity contribution is 7.16. The molecule has 0 radical (unpaired) electrons. The summed E-state index contributed by atoms with van der Waals surface area (Å²) in [5.41, 5.74) is 4.09. The zero-order valence-electron chi connectivity index (χ0n) is 17.3. The number of hydrogen-bond acceptors (Lipinski definition) is 8. The molecule has 0 spiro atoms. The van der Waals surface area contributed by atoms with Crippen LogP contribution in [0.1, 0.15) is 17.4 Å². The van der Waals surface area contributed by atoms with E-state index in [1.807, 2.05) is 48.5 Å². The number of imidazole rings is 1. The Labute approximate surface area is 191 Å². The minimum absolute atomic E-state index is 0.0627. The first kappa shape index (κ1) is 20.8. The van der Waals surface area contributed by atoms with Crippen LogP contribution in [0.3, 0.4) is 0 Å². The molecule has 0 bridgehead atoms. The summed E-state index contributed by atoms with van der Waals surface area (Å²) in [6.45, 7) is 0.262. The van der Waals surface area contributed by atoms with Crippen molar-refractivity contribution in [3.05, 3.63) is 88.3 Å². The van der Waals surface area contributed by atoms with E-state index in [1.165, 1.54) is 23.9 Å². The molecule has 2 aromatic carbocycles. The van der Waals surface area contributed by atoms with Crippen molar-refractivity contribution in [2.24, 2.45) is 0 Å². The third-order valence-corrected chi connectivity index (χ3v) is 5.76. The van der Waals surface area contributed by atoms with E-state index in [1.54, 1.807) is 10.4 Å². The maximum atomic E-state index is 15.0. The molecule has 0 fully saturated rings. The van der Waals surface area contributed by atoms with Crippen molar-refractivity contribution >= 4 is 39.1 Å². The number of thiazole rings is 1. The number of aromatic nitrogens is 6. The summed E-state index contributed by atoms with van der Waals surface area (Å²) in [6, 6.07) is 15.2. The quantitative estimate of drug-likeness (QED) is 0.320. The van der Waals surface area contributed by atoms with E-state index < -0.39 is 11.9 Å². The summed E-state index contributed by atoms with van der Waals surface area (Å²) in [4.78, 5) is 36.0. The van der Waals surface area contributed by atoms with Gasteiger partial charge in [0.05, 0.1) is 40.5 Å². The number of nitrogens with one attached hydrogen (secondary N) is 3. The van der Waals surface area contributed by atoms with Gasteiger partial charge in [-0.15, -0.1) is 11.3 Å². The van der Waals surface area contributed by atoms with Gasteiger partial charge in [-0.3, -0.25) is 4.98 Å². The van der Waals surface area contributed by atoms with Crippen molar-refractivity contribution in [2.45, 2.75) is 12.7 Å². The highest BCUT2D eigenvalue weighted by Crippen LogP contribution is 2.24. The molecule has 0 saturated carbocycles. The van der Waals surface area contributed by atoms with Crippen LogP contribution in [0.2, 0.25) is 0 Å². The van der Waals surface area contributed by atoms with E-state index in [-0.39, 0.29) is 18.4 Å². The molecule has 3 heterocycles. The van der Waals surface area contributed by atoms with Crippen molar-refractivity contribution in [1.82, 2.24) is 29.9 Å². The lowest BCUT2D eigenvalue weighted by Gasteiger charge is -2.24. The number of rotatable bonds is 8. The third-order valence-electron chi connectivity index (χ3n) is 4.97. The first-order chi connectivity index (χ1) is 16.1. The maximum Gasteiger partial charge on any atom is 0.351 e. The van der Waals surface area contributed by atoms with Gasteiger partial charge in [-0.1, -0.05) is 30.3 Å². The zero-order chi connectivity index (χ0) is 22.6. The number of anilines is 3. The van der Waals surface area contributed by atoms with Gasteiger partial charge in [-0.25, -0.2) is 19.2 Å². The van der Waals surface area contributed by atoms with Gasteiger partial charge in [-0.05, 0) is 23.8 Å². The van der Waals surface area contributed by atoms with E-state index in [9.17, 15) is 9.18 Å². The predicted octanol–water partition coefficient (Wildman–Crippen LogP) is 3.96. The molecule has 9 nitrogen and oxygen atoms in total. The molecule has 0 aliphatic heterocycles. The Bertz CT molecular complexity index is 1400. The molecular formula is C22H19FN8OS. The van der Waals surface area contributed by atoms with Crippen LogP contribution in [0.25, 0.3) is 10.2 Å². The molecule has 0 amide bonds. The van der Waals surface area contributed by atoms with Crippen LogP contribution in [0, 0.1) is 0 Å². The van der Waals surface area contributed by atoms with Gasteiger partial charge < -0.3 is 15.2 Å². The molecule has 5 rings (SSSR count). The fourth-order valence-electron chi connectivity index (χ4n) is 3.39. The van der Waals surface area contributed by atoms with Crippen LogP contribution >= 0.6 is 11.3 Å². The topological polar surface area (TPSA) is 115 Å². The highest BCUT2D eigenvalue weighted by atomic mass is 32.1. The van der Waals surface area contributed by atoms with Crippen molar-refractivity contribution < 1.29 is 4.39 Å². The molecule has 0 aliphatic carbocycles. The van der Waals surface area contributed by atoms with Gasteiger partial charge in [0.1, 0.15) is 0 Å². The number of aromatic amines is 2. The van der Waals surface area contributed by atoms with Crippen LogP contribution in [0.5, 0.6) is 0 Å². The van der Waals surface area contributed by atoms with Crippen LogP contribution in [0.15, 0.2) is 71.4 Å². The second-order valence-electron chi connectivity index (χ2n) is 7.30. The number of hydrogen-bond donors (Lipinski definition) is 3. The number of alkyl halides is 1. The third kappa shape index (κ3) is 4.88. The van der Waals surface area contributed by atoms with E-state index in [4.69, 9.17) is 0 Å². The van der Waals surface area contributed by atoms with E-state index in [0.29, 0.717) is 12.2 Å². The predicted molar refractivity (Wildman–Crippen MR) is 125 cm³/mol. The average molecular weight is 463 g/mol. The van der Waals surface area contributed by atoms with E-state index >= 15 is 0 Å². The summed E-state index contributed by atoms with van der Waals surface area (Å²) in [6.07, 6.45) is 1.49. The number of benzene rings is 2. The molecule has 1 unspecified atom stereocenters. The van der Waals surface area contributed by atoms with E-state index in [2.05, 4.69) is 35.2 Å². The molecule has 166 valence electrons. The van der Waals surface area contributed by atoms with Crippen LogP contribution < -0.4 is 15.9 Å². The van der Waals surface area contributed by atoms with Crippen LogP contribution in [-0.2, 0) is 6.54 Å². The Morgan fingerprint density at radius 2 is 2.03 bits per heavy atom. The lowest BCUT2D eigenvalue weighted by Crippen LogP contribution is -2.31. The number of halogens is 1. The number of nitrogens with zero attached hydrogens (tertiary/aromatic N) is 5. The van der Waals surface area contributed by atoms with Crippen LogP contribution in [0.4, 0.5) is 22.0 Å². The van der Waals surface area contributed by atoms with E-state index in [0.717, 1.165) is 21.5 Å². The standard InChI is InChI=1S/C22H19FN8OS/c23-16(18-9-24-12-25-18)11-31(10-14-4-2-1-3-5-14)21-28-20(29-22(32)30-21)27-15-6-7-17-19(8-15)33-13-26-17/h1-9,12-13,16H,10-11H2,(H,24,25)(H2,27,28,29,30,32). The normalized spacial score (nSPS) is 12.0. The van der Waals surface area contributed by atoms with Gasteiger partial charge in [0.2, 0.25) is 11.9 Å². The Morgan fingerprint density at radius 3 is 2.85 bits per heavy atom. The molecule has 3 N–H and O–H groups in total. The molecule has 5 aromatic rings. The monoisotopic (exact) mass is 462 g/mol. The Morgan fingerprint density at radius 1 is 1.15 bits per heavy atom. The summed E-state index contributed by atoms with van der Waals surface area (Å²) in [5.74, 6) is 0.329. The minimum atomic E-state index is -1.37. The molecule has 1 atom stereocenters. The first-order valence-electron chi connectivity index (χ1n) is 10.1. The minimum Gasteiger partial charge on any atom is -0.346 e. The Balaban J connectivity index is 1.45. The summed E-state index contributed by atoms with van der Waals surface area (Å²) < 4.78 is 16.0. The zero-order valence-corrected chi connectivity index (χ0v) is 18.1. The van der Waals surface area contributed by atoms with Gasteiger partial charge in [0, 0.05) is 12.2 Å². The van der Waals surface area contributed by atoms with Gasteiger partial charge in [0.15, 0.2) is 6.17 Å². The lowest BCUT2D eigenvalue weighted by atomic mass is 10.2. The molecule has 0 saturated heterocycles. The second kappa shape index (κ2) is 9.17. The van der Waals surface area contributed by atoms with Gasteiger partial charge in [0.25, 0.3) is 0 Å². The smallest absolute Gasteiger partial charge is 0.346 e. The number of fused-ring (bicyclic) bond motifs is 1. The fraction of sp³-hybridized carbons (Fsp3) is 0.136. The molecule has 11 heteroatoms. The van der Waals surface area contributed by atoms with Gasteiger partial charge in [-0.2, -0.15) is 9.97 Å². The summed E-state index contributed by atoms with van der Waals surface area (Å²) in [7, 11) is 0. The average Bonchev–Trinajstić information content (AvgIpc) is 3.51. The number of H-pyrrole nitrogens is 2.